The van der Waals surface area contributed by atoms with Gasteiger partial charge in [0.05, 0.1) is 12.6 Å². The van der Waals surface area contributed by atoms with E-state index in [1.807, 2.05) is 36.4 Å². The van der Waals surface area contributed by atoms with E-state index in [9.17, 15) is 4.79 Å². The highest BCUT2D eigenvalue weighted by Gasteiger charge is 2.28. The zero-order valence-electron chi connectivity index (χ0n) is 12.4. The van der Waals surface area contributed by atoms with Gasteiger partial charge in [-0.05, 0) is 11.1 Å². The monoisotopic (exact) mass is 316 g/mol. The van der Waals surface area contributed by atoms with Crippen LogP contribution in [0.25, 0.3) is 0 Å². The number of carbonyl (C=O) groups excluding carboxylic acids is 1. The van der Waals surface area contributed by atoms with Gasteiger partial charge in [-0.15, -0.1) is 0 Å². The normalized spacial score (nSPS) is 17.0. The third-order valence-corrected chi connectivity index (χ3v) is 4.06. The molecule has 0 radical (unpaired) electrons. The number of hydrogen-bond donors (Lipinski definition) is 2. The molecular formula is C18H21ClN2O. The van der Waals surface area contributed by atoms with Gasteiger partial charge < -0.3 is 23.0 Å². The number of benzene rings is 2. The minimum Gasteiger partial charge on any atom is -1.00 e. The van der Waals surface area contributed by atoms with Crippen LogP contribution in [0.4, 0.5) is 0 Å². The number of amides is 1. The quantitative estimate of drug-likeness (QED) is 0.718. The molecule has 1 aliphatic rings. The Morgan fingerprint density at radius 3 is 2.00 bits per heavy atom. The molecule has 1 amide bonds. The molecule has 3 nitrogen and oxygen atoms in total. The Hall–Kier alpha value is -1.84. The lowest BCUT2D eigenvalue weighted by molar-refractivity contribution is -0.657. The molecular weight excluding hydrogens is 296 g/mol. The fourth-order valence-electron chi connectivity index (χ4n) is 2.91. The summed E-state index contributed by atoms with van der Waals surface area (Å²) >= 11 is 0. The molecule has 0 saturated carbocycles. The molecule has 3 rings (SSSR count). The lowest BCUT2D eigenvalue weighted by atomic mass is 9.98. The molecule has 1 aliphatic heterocycles. The fourth-order valence-corrected chi connectivity index (χ4v) is 2.91. The smallest absolute Gasteiger partial charge is 0.278 e. The number of nitrogens with one attached hydrogen (secondary N) is 1. The number of carbonyl (C=O) groups is 1. The molecule has 4 heteroatoms. The van der Waals surface area contributed by atoms with Crippen LogP contribution in [0.3, 0.4) is 0 Å². The highest BCUT2D eigenvalue weighted by molar-refractivity contribution is 5.81. The van der Waals surface area contributed by atoms with E-state index in [0.29, 0.717) is 0 Å². The molecule has 0 aromatic heterocycles. The molecule has 0 bridgehead atoms. The summed E-state index contributed by atoms with van der Waals surface area (Å²) in [5.74, 6) is 0.144. The van der Waals surface area contributed by atoms with Gasteiger partial charge in [-0.1, -0.05) is 60.7 Å². The van der Waals surface area contributed by atoms with E-state index >= 15 is 0 Å². The molecule has 1 atom stereocenters. The molecule has 0 aliphatic carbocycles. The Balaban J connectivity index is 0.00000176. The molecule has 0 spiro atoms. The molecule has 22 heavy (non-hydrogen) atoms. The van der Waals surface area contributed by atoms with Crippen molar-refractivity contribution in [3.05, 3.63) is 71.8 Å². The van der Waals surface area contributed by atoms with Gasteiger partial charge in [0.15, 0.2) is 6.04 Å². The second-order valence-electron chi connectivity index (χ2n) is 5.54. The van der Waals surface area contributed by atoms with E-state index in [0.717, 1.165) is 30.5 Å². The van der Waals surface area contributed by atoms with Crippen LogP contribution in [0.5, 0.6) is 0 Å². The number of quaternary nitrogens is 1. The van der Waals surface area contributed by atoms with Crippen LogP contribution >= 0.6 is 0 Å². The van der Waals surface area contributed by atoms with E-state index in [4.69, 9.17) is 0 Å². The predicted octanol–water partition coefficient (Wildman–Crippen LogP) is -1.38. The summed E-state index contributed by atoms with van der Waals surface area (Å²) in [4.78, 5) is 12.5. The summed E-state index contributed by atoms with van der Waals surface area (Å²) in [6, 6.07) is 20.3. The summed E-state index contributed by atoms with van der Waals surface area (Å²) in [5.41, 5.74) is 2.24. The van der Waals surface area contributed by atoms with Crippen molar-refractivity contribution in [3.8, 4) is 0 Å². The molecule has 1 fully saturated rings. The predicted molar refractivity (Wildman–Crippen MR) is 82.7 cm³/mol. The summed E-state index contributed by atoms with van der Waals surface area (Å²) in [6.45, 7) is 1.05. The Kier molecular flexibility index (Phi) is 5.99. The number of nitrogens with two attached hydrogens (primary N) is 1. The third-order valence-electron chi connectivity index (χ3n) is 4.06. The van der Waals surface area contributed by atoms with Crippen LogP contribution < -0.4 is 23.0 Å². The molecule has 2 aromatic rings. The van der Waals surface area contributed by atoms with E-state index in [1.165, 1.54) is 0 Å². The van der Waals surface area contributed by atoms with E-state index < -0.39 is 0 Å². The summed E-state index contributed by atoms with van der Waals surface area (Å²) in [6.07, 6.45) is 2.10. The van der Waals surface area contributed by atoms with Crippen LogP contribution in [-0.2, 0) is 4.79 Å². The molecule has 3 N–H and O–H groups in total. The first-order valence-corrected chi connectivity index (χ1v) is 7.58. The Morgan fingerprint density at radius 2 is 1.55 bits per heavy atom. The highest BCUT2D eigenvalue weighted by Crippen LogP contribution is 2.21. The Morgan fingerprint density at radius 1 is 1.00 bits per heavy atom. The van der Waals surface area contributed by atoms with Crippen molar-refractivity contribution < 1.29 is 22.5 Å². The SMILES string of the molecule is O=C(NC(c1ccccc1)c1ccccc1)[C@@H]1CCC[NH2+]1.[Cl-]. The summed E-state index contributed by atoms with van der Waals surface area (Å²) in [7, 11) is 0. The van der Waals surface area contributed by atoms with Crippen molar-refractivity contribution in [2.45, 2.75) is 24.9 Å². The maximum absolute atomic E-state index is 12.5. The molecule has 1 saturated heterocycles. The van der Waals surface area contributed by atoms with Gasteiger partial charge in [-0.2, -0.15) is 0 Å². The Bertz CT molecular complexity index is 543. The third kappa shape index (κ3) is 3.87. The molecule has 0 unspecified atom stereocenters. The van der Waals surface area contributed by atoms with Crippen molar-refractivity contribution >= 4 is 5.91 Å². The first-order valence-electron chi connectivity index (χ1n) is 7.58. The average molecular weight is 317 g/mol. The van der Waals surface area contributed by atoms with Crippen LogP contribution in [-0.4, -0.2) is 18.5 Å². The Labute approximate surface area is 137 Å². The molecule has 2 aromatic carbocycles. The summed E-state index contributed by atoms with van der Waals surface area (Å²) < 4.78 is 0. The minimum absolute atomic E-state index is 0. The van der Waals surface area contributed by atoms with Crippen molar-refractivity contribution in [1.29, 1.82) is 0 Å². The number of halogens is 1. The van der Waals surface area contributed by atoms with Gasteiger partial charge in [-0.25, -0.2) is 0 Å². The largest absolute Gasteiger partial charge is 1.00 e. The standard InChI is InChI=1S/C18H20N2O.ClH/c21-18(16-12-7-13-19-16)20-17(14-8-3-1-4-9-14)15-10-5-2-6-11-15;/h1-6,8-11,16-17,19H,7,12-13H2,(H,20,21);1H/t16-;/m0./s1. The van der Waals surface area contributed by atoms with Gasteiger partial charge in [0.1, 0.15) is 0 Å². The number of hydrogen-bond acceptors (Lipinski definition) is 1. The lowest BCUT2D eigenvalue weighted by Gasteiger charge is -2.21. The van der Waals surface area contributed by atoms with Gasteiger partial charge >= 0.3 is 0 Å². The van der Waals surface area contributed by atoms with Crippen LogP contribution in [0.2, 0.25) is 0 Å². The van der Waals surface area contributed by atoms with Gasteiger partial charge in [-0.3, -0.25) is 4.79 Å². The van der Waals surface area contributed by atoms with Gasteiger partial charge in [0, 0.05) is 12.8 Å². The zero-order chi connectivity index (χ0) is 14.5. The zero-order valence-corrected chi connectivity index (χ0v) is 13.2. The number of rotatable bonds is 4. The average Bonchev–Trinajstić information content (AvgIpc) is 3.09. The van der Waals surface area contributed by atoms with Crippen molar-refractivity contribution in [3.63, 3.8) is 0 Å². The van der Waals surface area contributed by atoms with Crippen molar-refractivity contribution in [1.82, 2.24) is 5.32 Å². The highest BCUT2D eigenvalue weighted by atomic mass is 35.5. The molecule has 1 heterocycles. The topological polar surface area (TPSA) is 45.7 Å². The van der Waals surface area contributed by atoms with Crippen molar-refractivity contribution in [2.75, 3.05) is 6.54 Å². The second-order valence-corrected chi connectivity index (χ2v) is 5.54. The van der Waals surface area contributed by atoms with Crippen LogP contribution in [0.15, 0.2) is 60.7 Å². The van der Waals surface area contributed by atoms with E-state index in [1.54, 1.807) is 0 Å². The lowest BCUT2D eigenvalue weighted by Crippen LogP contribution is -3.00. The first kappa shape index (κ1) is 16.5. The van der Waals surface area contributed by atoms with Crippen LogP contribution in [0, 0.1) is 0 Å². The molecule has 116 valence electrons. The minimum atomic E-state index is -0.0751. The van der Waals surface area contributed by atoms with Gasteiger partial charge in [0.2, 0.25) is 0 Å². The first-order chi connectivity index (χ1) is 10.3. The fraction of sp³-hybridized carbons (Fsp3) is 0.278. The van der Waals surface area contributed by atoms with Gasteiger partial charge in [0.25, 0.3) is 5.91 Å². The second kappa shape index (κ2) is 7.97. The van der Waals surface area contributed by atoms with Crippen molar-refractivity contribution in [2.24, 2.45) is 0 Å². The maximum Gasteiger partial charge on any atom is 0.278 e. The van der Waals surface area contributed by atoms with E-state index in [2.05, 4.69) is 34.9 Å². The van der Waals surface area contributed by atoms with E-state index in [-0.39, 0.29) is 30.4 Å². The van der Waals surface area contributed by atoms with Crippen LogP contribution in [0.1, 0.15) is 30.0 Å². The maximum atomic E-state index is 12.5. The summed E-state index contributed by atoms with van der Waals surface area (Å²) in [5, 5.41) is 5.36.